The van der Waals surface area contributed by atoms with E-state index in [9.17, 15) is 0 Å². The Balaban J connectivity index is 0.00000121. The summed E-state index contributed by atoms with van der Waals surface area (Å²) in [7, 11) is 0. The molecule has 0 aliphatic carbocycles. The number of hydrogen-bond donors (Lipinski definition) is 2. The molecule has 0 amide bonds. The van der Waals surface area contributed by atoms with Crippen LogP contribution >= 0.6 is 12.4 Å². The molecule has 0 saturated carbocycles. The van der Waals surface area contributed by atoms with Gasteiger partial charge in [-0.05, 0) is 13.8 Å². The molecule has 72 valence electrons. The Kier molecular flexibility index (Phi) is 4.34. The average Bonchev–Trinajstić information content (AvgIpc) is 1.85. The number of rotatable bonds is 0. The van der Waals surface area contributed by atoms with Gasteiger partial charge in [-0.2, -0.15) is 0 Å². The van der Waals surface area contributed by atoms with Crippen molar-refractivity contribution in [2.24, 2.45) is 5.73 Å². The normalized spacial score (nSPS) is 29.3. The summed E-state index contributed by atoms with van der Waals surface area (Å²) in [5, 5.41) is 7.22. The van der Waals surface area contributed by atoms with Gasteiger partial charge in [0.15, 0.2) is 5.96 Å². The van der Waals surface area contributed by atoms with Crippen molar-refractivity contribution in [1.29, 1.82) is 5.41 Å². The van der Waals surface area contributed by atoms with Crippen molar-refractivity contribution in [1.82, 2.24) is 4.90 Å². The van der Waals surface area contributed by atoms with Crippen LogP contribution in [-0.2, 0) is 4.74 Å². The molecule has 4 nitrogen and oxygen atoms in total. The molecular formula is C7H16ClN3O. The lowest BCUT2D eigenvalue weighted by atomic mass is 10.2. The zero-order valence-electron chi connectivity index (χ0n) is 7.41. The summed E-state index contributed by atoms with van der Waals surface area (Å²) in [5.74, 6) is 0.145. The number of guanidine groups is 1. The molecule has 12 heavy (non-hydrogen) atoms. The number of nitrogens with zero attached hydrogens (tertiary/aromatic N) is 1. The van der Waals surface area contributed by atoms with E-state index in [2.05, 4.69) is 0 Å². The fourth-order valence-electron chi connectivity index (χ4n) is 1.37. The topological polar surface area (TPSA) is 62.3 Å². The summed E-state index contributed by atoms with van der Waals surface area (Å²) in [6, 6.07) is 0. The van der Waals surface area contributed by atoms with Gasteiger partial charge < -0.3 is 15.4 Å². The number of halogens is 1. The van der Waals surface area contributed by atoms with E-state index in [0.717, 1.165) is 13.1 Å². The van der Waals surface area contributed by atoms with Crippen molar-refractivity contribution >= 4 is 18.4 Å². The quantitative estimate of drug-likeness (QED) is 0.433. The first-order chi connectivity index (χ1) is 5.09. The molecule has 1 fully saturated rings. The number of morpholine rings is 1. The highest BCUT2D eigenvalue weighted by atomic mass is 35.5. The smallest absolute Gasteiger partial charge is 0.188 e. The van der Waals surface area contributed by atoms with Crippen molar-refractivity contribution in [2.75, 3.05) is 13.1 Å². The van der Waals surface area contributed by atoms with Gasteiger partial charge in [0.1, 0.15) is 0 Å². The van der Waals surface area contributed by atoms with Crippen LogP contribution < -0.4 is 5.73 Å². The Morgan fingerprint density at radius 1 is 1.42 bits per heavy atom. The molecule has 0 radical (unpaired) electrons. The van der Waals surface area contributed by atoms with Gasteiger partial charge in [0.05, 0.1) is 12.2 Å². The minimum atomic E-state index is 0. The van der Waals surface area contributed by atoms with Crippen molar-refractivity contribution < 1.29 is 4.74 Å². The summed E-state index contributed by atoms with van der Waals surface area (Å²) in [4.78, 5) is 1.83. The SMILES string of the molecule is CC1CN(C(=N)N)CC(C)O1.Cl. The van der Waals surface area contributed by atoms with Crippen molar-refractivity contribution in [2.45, 2.75) is 26.1 Å². The van der Waals surface area contributed by atoms with Gasteiger partial charge >= 0.3 is 0 Å². The first kappa shape index (κ1) is 11.5. The lowest BCUT2D eigenvalue weighted by Gasteiger charge is -2.35. The van der Waals surface area contributed by atoms with Crippen LogP contribution in [0.4, 0.5) is 0 Å². The van der Waals surface area contributed by atoms with Gasteiger partial charge in [0.25, 0.3) is 0 Å². The van der Waals surface area contributed by atoms with Crippen molar-refractivity contribution in [3.05, 3.63) is 0 Å². The van der Waals surface area contributed by atoms with Crippen molar-refractivity contribution in [3.8, 4) is 0 Å². The van der Waals surface area contributed by atoms with Crippen LogP contribution in [0.5, 0.6) is 0 Å². The first-order valence-electron chi connectivity index (χ1n) is 3.84. The van der Waals surface area contributed by atoms with E-state index < -0.39 is 0 Å². The molecule has 0 spiro atoms. The molecule has 1 heterocycles. The van der Waals surface area contributed by atoms with E-state index in [0.29, 0.717) is 0 Å². The lowest BCUT2D eigenvalue weighted by Crippen LogP contribution is -2.50. The standard InChI is InChI=1S/C7H15N3O.ClH/c1-5-3-10(7(8)9)4-6(2)11-5;/h5-6H,3-4H2,1-2H3,(H3,8,9);1H. The number of nitrogens with one attached hydrogen (secondary N) is 1. The lowest BCUT2D eigenvalue weighted by molar-refractivity contribution is -0.0485. The third kappa shape index (κ3) is 2.87. The molecule has 5 heteroatoms. The number of nitrogens with two attached hydrogens (primary N) is 1. The fraction of sp³-hybridized carbons (Fsp3) is 0.857. The Morgan fingerprint density at radius 3 is 2.17 bits per heavy atom. The molecular weight excluding hydrogens is 178 g/mol. The Morgan fingerprint density at radius 2 is 1.83 bits per heavy atom. The van der Waals surface area contributed by atoms with Crippen LogP contribution in [0.2, 0.25) is 0 Å². The summed E-state index contributed by atoms with van der Waals surface area (Å²) in [6.07, 6.45) is 0.366. The second-order valence-electron chi connectivity index (χ2n) is 3.05. The molecule has 0 aromatic rings. The maximum absolute atomic E-state index is 7.22. The predicted molar refractivity (Wildman–Crippen MR) is 50.7 cm³/mol. The molecule has 3 N–H and O–H groups in total. The van der Waals surface area contributed by atoms with Crippen LogP contribution in [0, 0.1) is 5.41 Å². The van der Waals surface area contributed by atoms with E-state index in [1.165, 1.54) is 0 Å². The largest absolute Gasteiger partial charge is 0.372 e. The molecule has 1 aliphatic rings. The van der Waals surface area contributed by atoms with Gasteiger partial charge in [-0.3, -0.25) is 5.41 Å². The van der Waals surface area contributed by atoms with E-state index in [-0.39, 0.29) is 30.6 Å². The van der Waals surface area contributed by atoms with Gasteiger partial charge in [-0.25, -0.2) is 0 Å². The van der Waals surface area contributed by atoms with Crippen LogP contribution in [0.1, 0.15) is 13.8 Å². The Bertz CT molecular complexity index is 155. The van der Waals surface area contributed by atoms with Gasteiger partial charge in [0.2, 0.25) is 0 Å². The second kappa shape index (κ2) is 4.52. The zero-order chi connectivity index (χ0) is 8.43. The third-order valence-electron chi connectivity index (χ3n) is 1.76. The van der Waals surface area contributed by atoms with Crippen LogP contribution in [0.25, 0.3) is 0 Å². The average molecular weight is 194 g/mol. The minimum Gasteiger partial charge on any atom is -0.372 e. The second-order valence-corrected chi connectivity index (χ2v) is 3.05. The maximum Gasteiger partial charge on any atom is 0.188 e. The van der Waals surface area contributed by atoms with E-state index >= 15 is 0 Å². The molecule has 1 aliphatic heterocycles. The molecule has 0 aromatic carbocycles. The summed E-state index contributed by atoms with van der Waals surface area (Å²) >= 11 is 0. The summed E-state index contributed by atoms with van der Waals surface area (Å²) in [6.45, 7) is 5.45. The van der Waals surface area contributed by atoms with Crippen LogP contribution in [0.3, 0.4) is 0 Å². The number of ether oxygens (including phenoxy) is 1. The maximum atomic E-state index is 7.22. The molecule has 2 atom stereocenters. The van der Waals surface area contributed by atoms with Gasteiger partial charge in [-0.1, -0.05) is 0 Å². The van der Waals surface area contributed by atoms with Crippen molar-refractivity contribution in [3.63, 3.8) is 0 Å². The molecule has 1 rings (SSSR count). The summed E-state index contributed by atoms with van der Waals surface area (Å²) < 4.78 is 5.47. The van der Waals surface area contributed by atoms with E-state index in [4.69, 9.17) is 15.9 Å². The fourth-order valence-corrected chi connectivity index (χ4v) is 1.37. The van der Waals surface area contributed by atoms with Gasteiger partial charge in [0, 0.05) is 13.1 Å². The summed E-state index contributed by atoms with van der Waals surface area (Å²) in [5.41, 5.74) is 5.35. The van der Waals surface area contributed by atoms with Gasteiger partial charge in [-0.15, -0.1) is 12.4 Å². The highest BCUT2D eigenvalue weighted by molar-refractivity contribution is 5.85. The highest BCUT2D eigenvalue weighted by Crippen LogP contribution is 2.09. The zero-order valence-corrected chi connectivity index (χ0v) is 8.23. The van der Waals surface area contributed by atoms with E-state index in [1.54, 1.807) is 0 Å². The molecule has 1 saturated heterocycles. The van der Waals surface area contributed by atoms with Crippen LogP contribution in [0.15, 0.2) is 0 Å². The molecule has 0 bridgehead atoms. The number of hydrogen-bond acceptors (Lipinski definition) is 2. The minimum absolute atomic E-state index is 0. The Hall–Kier alpha value is -0.480. The Labute approximate surface area is 79.0 Å². The molecule has 2 unspecified atom stereocenters. The molecule has 0 aromatic heterocycles. The predicted octanol–water partition coefficient (Wildman–Crippen LogP) is 0.411. The van der Waals surface area contributed by atoms with Crippen LogP contribution in [-0.4, -0.2) is 36.2 Å². The monoisotopic (exact) mass is 193 g/mol. The highest BCUT2D eigenvalue weighted by Gasteiger charge is 2.22. The third-order valence-corrected chi connectivity index (χ3v) is 1.76. The van der Waals surface area contributed by atoms with E-state index in [1.807, 2.05) is 18.7 Å². The first-order valence-corrected chi connectivity index (χ1v) is 3.84.